The first-order valence-corrected chi connectivity index (χ1v) is 9.18. The Labute approximate surface area is 150 Å². The van der Waals surface area contributed by atoms with E-state index < -0.39 is 4.92 Å². The van der Waals surface area contributed by atoms with Crippen LogP contribution in [0.2, 0.25) is 0 Å². The molecule has 1 atom stereocenters. The minimum atomic E-state index is -0.487. The van der Waals surface area contributed by atoms with E-state index in [2.05, 4.69) is 24.4 Å². The van der Waals surface area contributed by atoms with Crippen LogP contribution < -0.4 is 5.32 Å². The van der Waals surface area contributed by atoms with Crippen LogP contribution in [-0.4, -0.2) is 28.8 Å². The molecular weight excluding hydrogens is 338 g/mol. The lowest BCUT2D eigenvalue weighted by Gasteiger charge is -2.18. The molecular formula is C18H21N3O3S. The molecule has 25 heavy (non-hydrogen) atoms. The van der Waals surface area contributed by atoms with E-state index >= 15 is 0 Å². The monoisotopic (exact) mass is 359 g/mol. The molecule has 0 aliphatic carbocycles. The lowest BCUT2D eigenvalue weighted by atomic mass is 10.1. The Bertz CT molecular complexity index is 797. The van der Waals surface area contributed by atoms with Crippen LogP contribution in [0.1, 0.15) is 45.9 Å². The minimum absolute atomic E-state index is 0.0647. The van der Waals surface area contributed by atoms with E-state index in [4.69, 9.17) is 0 Å². The molecule has 1 fully saturated rings. The number of rotatable bonds is 5. The van der Waals surface area contributed by atoms with Gasteiger partial charge >= 0.3 is 0 Å². The van der Waals surface area contributed by atoms with Crippen LogP contribution in [0.3, 0.4) is 0 Å². The van der Waals surface area contributed by atoms with Crippen molar-refractivity contribution in [3.05, 3.63) is 55.8 Å². The number of likely N-dealkylation sites (tertiary alicyclic amines) is 1. The summed E-state index contributed by atoms with van der Waals surface area (Å²) in [7, 11) is 0. The largest absolute Gasteiger partial charge is 0.378 e. The van der Waals surface area contributed by atoms with Crippen LogP contribution in [0.15, 0.2) is 30.3 Å². The molecule has 0 radical (unpaired) electrons. The Morgan fingerprint density at radius 2 is 2.00 bits per heavy atom. The number of carbonyl (C=O) groups is 1. The molecule has 3 rings (SSSR count). The van der Waals surface area contributed by atoms with Crippen molar-refractivity contribution in [1.82, 2.24) is 4.90 Å². The zero-order valence-electron chi connectivity index (χ0n) is 14.3. The SMILES string of the molecule is Cc1ccc([C@@H](C)Nc2ccc([N+](=O)[O-])c(C(=O)N3CCCC3)c2)s1. The summed E-state index contributed by atoms with van der Waals surface area (Å²) in [4.78, 5) is 27.6. The minimum Gasteiger partial charge on any atom is -0.378 e. The van der Waals surface area contributed by atoms with Crippen LogP contribution in [0, 0.1) is 17.0 Å². The van der Waals surface area contributed by atoms with Crippen molar-refractivity contribution in [3.8, 4) is 0 Å². The van der Waals surface area contributed by atoms with Gasteiger partial charge in [-0.1, -0.05) is 0 Å². The third-order valence-corrected chi connectivity index (χ3v) is 5.57. The first-order chi connectivity index (χ1) is 12.0. The quantitative estimate of drug-likeness (QED) is 0.635. The lowest BCUT2D eigenvalue weighted by Crippen LogP contribution is -2.28. The number of thiophene rings is 1. The number of amides is 1. The average Bonchev–Trinajstić information content (AvgIpc) is 3.25. The second kappa shape index (κ2) is 7.23. The Hall–Kier alpha value is -2.41. The maximum Gasteiger partial charge on any atom is 0.282 e. The molecule has 1 saturated heterocycles. The van der Waals surface area contributed by atoms with Gasteiger partial charge in [0.25, 0.3) is 11.6 Å². The Morgan fingerprint density at radius 3 is 2.60 bits per heavy atom. The molecule has 2 heterocycles. The van der Waals surface area contributed by atoms with Crippen molar-refractivity contribution in [2.24, 2.45) is 0 Å². The van der Waals surface area contributed by atoms with Crippen LogP contribution in [-0.2, 0) is 0 Å². The number of nitro benzene ring substituents is 1. The highest BCUT2D eigenvalue weighted by atomic mass is 32.1. The number of aryl methyl sites for hydroxylation is 1. The van der Waals surface area contributed by atoms with Gasteiger partial charge in [0.2, 0.25) is 0 Å². The standard InChI is InChI=1S/C18H21N3O3S/c1-12-5-8-17(25-12)13(2)19-14-6-7-16(21(23)24)15(11-14)18(22)20-9-3-4-10-20/h5-8,11,13,19H,3-4,9-10H2,1-2H3/t13-/m1/s1. The molecule has 1 N–H and O–H groups in total. The van der Waals surface area contributed by atoms with E-state index in [9.17, 15) is 14.9 Å². The van der Waals surface area contributed by atoms with Crippen molar-refractivity contribution in [2.75, 3.05) is 18.4 Å². The molecule has 0 spiro atoms. The highest BCUT2D eigenvalue weighted by Crippen LogP contribution is 2.29. The number of nitrogens with one attached hydrogen (secondary N) is 1. The normalized spacial score (nSPS) is 15.2. The zero-order chi connectivity index (χ0) is 18.0. The van der Waals surface area contributed by atoms with Gasteiger partial charge in [-0.25, -0.2) is 0 Å². The molecule has 7 heteroatoms. The summed E-state index contributed by atoms with van der Waals surface area (Å²) in [5.74, 6) is -0.257. The molecule has 0 bridgehead atoms. The summed E-state index contributed by atoms with van der Waals surface area (Å²) in [6.07, 6.45) is 1.90. The van der Waals surface area contributed by atoms with E-state index in [0.29, 0.717) is 18.8 Å². The van der Waals surface area contributed by atoms with Gasteiger partial charge in [-0.05, 0) is 51.0 Å². The van der Waals surface area contributed by atoms with E-state index in [1.54, 1.807) is 28.4 Å². The Kier molecular flexibility index (Phi) is 5.03. The molecule has 0 saturated carbocycles. The van der Waals surface area contributed by atoms with Crippen LogP contribution in [0.5, 0.6) is 0 Å². The van der Waals surface area contributed by atoms with E-state index in [0.717, 1.165) is 12.8 Å². The summed E-state index contributed by atoms with van der Waals surface area (Å²) in [5, 5.41) is 14.7. The fraction of sp³-hybridized carbons (Fsp3) is 0.389. The highest BCUT2D eigenvalue weighted by molar-refractivity contribution is 7.12. The fourth-order valence-corrected chi connectivity index (χ4v) is 3.93. The second-order valence-corrected chi connectivity index (χ2v) is 7.62. The van der Waals surface area contributed by atoms with E-state index in [1.807, 2.05) is 6.92 Å². The van der Waals surface area contributed by atoms with E-state index in [1.165, 1.54) is 15.8 Å². The number of nitrogens with zero attached hydrogens (tertiary/aromatic N) is 2. The number of carbonyl (C=O) groups excluding carboxylic acids is 1. The number of anilines is 1. The van der Waals surface area contributed by atoms with Gasteiger partial charge in [-0.15, -0.1) is 11.3 Å². The van der Waals surface area contributed by atoms with Crippen molar-refractivity contribution in [3.63, 3.8) is 0 Å². The molecule has 1 aromatic carbocycles. The molecule has 1 aromatic heterocycles. The van der Waals surface area contributed by atoms with Crippen LogP contribution in [0.4, 0.5) is 11.4 Å². The molecule has 6 nitrogen and oxygen atoms in total. The van der Waals surface area contributed by atoms with Crippen LogP contribution in [0.25, 0.3) is 0 Å². The van der Waals surface area contributed by atoms with Crippen molar-refractivity contribution in [1.29, 1.82) is 0 Å². The predicted octanol–water partition coefficient (Wildman–Crippen LogP) is 4.37. The number of benzene rings is 1. The fourth-order valence-electron chi connectivity index (χ4n) is 3.05. The van der Waals surface area contributed by atoms with Gasteiger partial charge in [0.05, 0.1) is 11.0 Å². The average molecular weight is 359 g/mol. The molecule has 132 valence electrons. The Balaban J connectivity index is 1.86. The number of nitro groups is 1. The topological polar surface area (TPSA) is 75.5 Å². The number of hydrogen-bond acceptors (Lipinski definition) is 5. The van der Waals surface area contributed by atoms with Gasteiger partial charge in [-0.3, -0.25) is 14.9 Å². The van der Waals surface area contributed by atoms with Crippen molar-refractivity contribution in [2.45, 2.75) is 32.7 Å². The highest BCUT2D eigenvalue weighted by Gasteiger charge is 2.27. The maximum absolute atomic E-state index is 12.7. The van der Waals surface area contributed by atoms with Gasteiger partial charge in [-0.2, -0.15) is 0 Å². The summed E-state index contributed by atoms with van der Waals surface area (Å²) in [6.45, 7) is 5.42. The second-order valence-electron chi connectivity index (χ2n) is 6.30. The smallest absolute Gasteiger partial charge is 0.282 e. The number of hydrogen-bond donors (Lipinski definition) is 1. The van der Waals surface area contributed by atoms with Gasteiger partial charge in [0.15, 0.2) is 0 Å². The first-order valence-electron chi connectivity index (χ1n) is 8.36. The summed E-state index contributed by atoms with van der Waals surface area (Å²) in [5.41, 5.74) is 0.736. The summed E-state index contributed by atoms with van der Waals surface area (Å²) >= 11 is 1.71. The third-order valence-electron chi connectivity index (χ3n) is 4.39. The molecule has 2 aromatic rings. The first kappa shape index (κ1) is 17.4. The molecule has 1 amide bonds. The Morgan fingerprint density at radius 1 is 1.28 bits per heavy atom. The van der Waals surface area contributed by atoms with Crippen LogP contribution >= 0.6 is 11.3 Å². The molecule has 0 unspecified atom stereocenters. The molecule has 1 aliphatic heterocycles. The predicted molar refractivity (Wildman–Crippen MR) is 99.3 cm³/mol. The van der Waals surface area contributed by atoms with E-state index in [-0.39, 0.29) is 23.2 Å². The van der Waals surface area contributed by atoms with Gasteiger partial charge in [0.1, 0.15) is 5.56 Å². The summed E-state index contributed by atoms with van der Waals surface area (Å²) < 4.78 is 0. The maximum atomic E-state index is 12.7. The van der Waals surface area contributed by atoms with Gasteiger partial charge < -0.3 is 10.2 Å². The van der Waals surface area contributed by atoms with Gasteiger partial charge in [0, 0.05) is 34.6 Å². The van der Waals surface area contributed by atoms with Crippen molar-refractivity contribution >= 4 is 28.6 Å². The zero-order valence-corrected chi connectivity index (χ0v) is 15.1. The summed E-state index contributed by atoms with van der Waals surface area (Å²) in [6, 6.07) is 8.88. The van der Waals surface area contributed by atoms with Crippen molar-refractivity contribution < 1.29 is 9.72 Å². The lowest BCUT2D eigenvalue weighted by molar-refractivity contribution is -0.385. The third kappa shape index (κ3) is 3.82. The molecule has 1 aliphatic rings.